The number of ether oxygens (including phenoxy) is 1. The van der Waals surface area contributed by atoms with Gasteiger partial charge in [0, 0.05) is 23.7 Å². The second-order valence-electron chi connectivity index (χ2n) is 8.27. The number of alkyl carbamates (subject to hydrolysis) is 1. The summed E-state index contributed by atoms with van der Waals surface area (Å²) in [7, 11) is 0. The van der Waals surface area contributed by atoms with Crippen LogP contribution in [0.1, 0.15) is 26.3 Å². The van der Waals surface area contributed by atoms with Crippen LogP contribution < -0.4 is 16.2 Å². The zero-order valence-electron chi connectivity index (χ0n) is 18.2. The van der Waals surface area contributed by atoms with Gasteiger partial charge in [0.05, 0.1) is 5.69 Å². The van der Waals surface area contributed by atoms with E-state index in [1.807, 2.05) is 36.4 Å². The number of benzene rings is 2. The van der Waals surface area contributed by atoms with Gasteiger partial charge in [0.1, 0.15) is 11.6 Å². The molecule has 0 bridgehead atoms. The molecule has 166 valence electrons. The Morgan fingerprint density at radius 2 is 1.78 bits per heavy atom. The van der Waals surface area contributed by atoms with Crippen LogP contribution in [0.15, 0.2) is 71.5 Å². The summed E-state index contributed by atoms with van der Waals surface area (Å²) in [6.07, 6.45) is -0.368. The smallest absolute Gasteiger partial charge is 0.408 e. The zero-order chi connectivity index (χ0) is 23.1. The number of nitrogens with one attached hydrogen (secondary N) is 3. The van der Waals surface area contributed by atoms with Crippen LogP contribution in [0.25, 0.3) is 11.3 Å². The molecule has 2 amide bonds. The molecule has 8 nitrogen and oxygen atoms in total. The lowest BCUT2D eigenvalue weighted by Gasteiger charge is -2.23. The normalized spacial score (nSPS) is 12.0. The van der Waals surface area contributed by atoms with E-state index in [-0.39, 0.29) is 11.5 Å². The topological polar surface area (TPSA) is 113 Å². The quantitative estimate of drug-likeness (QED) is 0.549. The van der Waals surface area contributed by atoms with E-state index in [2.05, 4.69) is 20.8 Å². The SMILES string of the molecule is CC(C)(C)OC(=O)NC(Cc1ccccc1)C(=O)Nc1cccc(-c2ccc(=O)[nH]n2)c1. The van der Waals surface area contributed by atoms with Crippen molar-refractivity contribution in [1.29, 1.82) is 0 Å². The second kappa shape index (κ2) is 9.91. The van der Waals surface area contributed by atoms with E-state index in [0.29, 0.717) is 17.8 Å². The summed E-state index contributed by atoms with van der Waals surface area (Å²) in [5.74, 6) is -0.383. The summed E-state index contributed by atoms with van der Waals surface area (Å²) in [5.41, 5.74) is 1.73. The predicted molar refractivity (Wildman–Crippen MR) is 122 cm³/mol. The number of rotatable bonds is 6. The zero-order valence-corrected chi connectivity index (χ0v) is 18.2. The number of anilines is 1. The minimum Gasteiger partial charge on any atom is -0.444 e. The number of hydrogen-bond acceptors (Lipinski definition) is 5. The molecule has 0 aliphatic carbocycles. The minimum atomic E-state index is -0.845. The summed E-state index contributed by atoms with van der Waals surface area (Å²) >= 11 is 0. The highest BCUT2D eigenvalue weighted by Gasteiger charge is 2.25. The number of nitrogens with zero attached hydrogens (tertiary/aromatic N) is 1. The van der Waals surface area contributed by atoms with Gasteiger partial charge in [-0.15, -0.1) is 0 Å². The molecule has 0 saturated carbocycles. The Labute approximate surface area is 186 Å². The first-order valence-electron chi connectivity index (χ1n) is 10.2. The molecule has 8 heteroatoms. The summed E-state index contributed by atoms with van der Waals surface area (Å²) in [6.45, 7) is 5.28. The molecule has 3 rings (SSSR count). The number of hydrogen-bond donors (Lipinski definition) is 3. The van der Waals surface area contributed by atoms with Crippen LogP contribution in [0.5, 0.6) is 0 Å². The first-order valence-corrected chi connectivity index (χ1v) is 10.2. The Morgan fingerprint density at radius 1 is 1.03 bits per heavy atom. The molecular weight excluding hydrogens is 408 g/mol. The lowest BCUT2D eigenvalue weighted by atomic mass is 10.0. The van der Waals surface area contributed by atoms with Gasteiger partial charge in [-0.1, -0.05) is 42.5 Å². The van der Waals surface area contributed by atoms with Crippen molar-refractivity contribution in [3.05, 3.63) is 82.6 Å². The molecule has 1 heterocycles. The standard InChI is InChI=1S/C24H26N4O4/c1-24(2,3)32-23(31)26-20(14-16-8-5-4-6-9-16)22(30)25-18-11-7-10-17(15-18)19-12-13-21(29)28-27-19/h4-13,15,20H,14H2,1-3H3,(H,25,30)(H,26,31)(H,28,29). The van der Waals surface area contributed by atoms with Crippen molar-refractivity contribution in [2.24, 2.45) is 0 Å². The fraction of sp³-hybridized carbons (Fsp3) is 0.250. The maximum atomic E-state index is 13.1. The molecule has 1 unspecified atom stereocenters. The third-order valence-corrected chi connectivity index (χ3v) is 4.40. The van der Waals surface area contributed by atoms with Crippen LogP contribution in [-0.4, -0.2) is 33.8 Å². The van der Waals surface area contributed by atoms with Gasteiger partial charge in [0.15, 0.2) is 0 Å². The maximum absolute atomic E-state index is 13.1. The summed E-state index contributed by atoms with van der Waals surface area (Å²) < 4.78 is 5.33. The monoisotopic (exact) mass is 434 g/mol. The molecular formula is C24H26N4O4. The van der Waals surface area contributed by atoms with Gasteiger partial charge in [0.25, 0.3) is 5.56 Å². The fourth-order valence-electron chi connectivity index (χ4n) is 3.00. The molecule has 0 radical (unpaired) electrons. The second-order valence-corrected chi connectivity index (χ2v) is 8.27. The van der Waals surface area contributed by atoms with E-state index < -0.39 is 17.7 Å². The molecule has 0 spiro atoms. The van der Waals surface area contributed by atoms with Crippen LogP contribution in [-0.2, 0) is 16.0 Å². The number of carbonyl (C=O) groups is 2. The third kappa shape index (κ3) is 6.80. The molecule has 0 aliphatic heterocycles. The van der Waals surface area contributed by atoms with Crippen LogP contribution in [0.3, 0.4) is 0 Å². The van der Waals surface area contributed by atoms with Gasteiger partial charge in [-0.3, -0.25) is 9.59 Å². The molecule has 1 aromatic heterocycles. The molecule has 0 saturated heterocycles. The number of carbonyl (C=O) groups excluding carboxylic acids is 2. The Kier molecular flexibility index (Phi) is 7.04. The maximum Gasteiger partial charge on any atom is 0.408 e. The van der Waals surface area contributed by atoms with E-state index in [4.69, 9.17) is 4.74 Å². The number of aromatic nitrogens is 2. The van der Waals surface area contributed by atoms with Crippen molar-refractivity contribution < 1.29 is 14.3 Å². The minimum absolute atomic E-state index is 0.296. The largest absolute Gasteiger partial charge is 0.444 e. The summed E-state index contributed by atoms with van der Waals surface area (Å²) in [5, 5.41) is 11.9. The molecule has 0 fully saturated rings. The van der Waals surface area contributed by atoms with Crippen molar-refractivity contribution in [2.45, 2.75) is 38.8 Å². The average Bonchev–Trinajstić information content (AvgIpc) is 2.73. The number of aromatic amines is 1. The molecule has 32 heavy (non-hydrogen) atoms. The fourth-order valence-corrected chi connectivity index (χ4v) is 3.00. The summed E-state index contributed by atoms with van der Waals surface area (Å²) in [6, 6.07) is 18.6. The summed E-state index contributed by atoms with van der Waals surface area (Å²) in [4.78, 5) is 36.6. The number of H-pyrrole nitrogens is 1. The molecule has 3 N–H and O–H groups in total. The van der Waals surface area contributed by atoms with E-state index >= 15 is 0 Å². The van der Waals surface area contributed by atoms with E-state index in [9.17, 15) is 14.4 Å². The van der Waals surface area contributed by atoms with Crippen LogP contribution in [0, 0.1) is 0 Å². The third-order valence-electron chi connectivity index (χ3n) is 4.40. The first-order chi connectivity index (χ1) is 15.2. The van der Waals surface area contributed by atoms with E-state index in [1.165, 1.54) is 6.07 Å². The van der Waals surface area contributed by atoms with Gasteiger partial charge in [-0.2, -0.15) is 5.10 Å². The van der Waals surface area contributed by atoms with Gasteiger partial charge in [-0.05, 0) is 44.5 Å². The van der Waals surface area contributed by atoms with Crippen LogP contribution in [0.2, 0.25) is 0 Å². The Morgan fingerprint density at radius 3 is 2.44 bits per heavy atom. The van der Waals surface area contributed by atoms with E-state index in [1.54, 1.807) is 45.0 Å². The number of amides is 2. The van der Waals surface area contributed by atoms with Crippen LogP contribution in [0.4, 0.5) is 10.5 Å². The molecule has 0 aliphatic rings. The lowest BCUT2D eigenvalue weighted by molar-refractivity contribution is -0.118. The highest BCUT2D eigenvalue weighted by molar-refractivity contribution is 5.97. The molecule has 3 aromatic rings. The molecule has 1 atom stereocenters. The van der Waals surface area contributed by atoms with Crippen molar-refractivity contribution in [2.75, 3.05) is 5.32 Å². The first kappa shape index (κ1) is 22.7. The predicted octanol–water partition coefficient (Wildman–Crippen LogP) is 3.51. The Hall–Kier alpha value is -3.94. The van der Waals surface area contributed by atoms with Crippen molar-refractivity contribution in [3.8, 4) is 11.3 Å². The molecule has 2 aromatic carbocycles. The van der Waals surface area contributed by atoms with Gasteiger partial charge in [0.2, 0.25) is 5.91 Å². The highest BCUT2D eigenvalue weighted by Crippen LogP contribution is 2.20. The van der Waals surface area contributed by atoms with Crippen molar-refractivity contribution >= 4 is 17.7 Å². The van der Waals surface area contributed by atoms with Gasteiger partial charge in [-0.25, -0.2) is 9.89 Å². The van der Waals surface area contributed by atoms with Crippen molar-refractivity contribution in [1.82, 2.24) is 15.5 Å². The lowest BCUT2D eigenvalue weighted by Crippen LogP contribution is -2.47. The Bertz CT molecular complexity index is 1120. The average molecular weight is 434 g/mol. The highest BCUT2D eigenvalue weighted by atomic mass is 16.6. The van der Waals surface area contributed by atoms with Gasteiger partial charge >= 0.3 is 6.09 Å². The van der Waals surface area contributed by atoms with Crippen molar-refractivity contribution in [3.63, 3.8) is 0 Å². The Balaban J connectivity index is 1.78. The van der Waals surface area contributed by atoms with E-state index in [0.717, 1.165) is 11.1 Å². The van der Waals surface area contributed by atoms with Crippen LogP contribution >= 0.6 is 0 Å². The van der Waals surface area contributed by atoms with Gasteiger partial charge < -0.3 is 15.4 Å².